The lowest BCUT2D eigenvalue weighted by atomic mass is 10.2. The molecule has 5 heteroatoms. The van der Waals surface area contributed by atoms with E-state index in [1.165, 1.54) is 18.4 Å². The minimum absolute atomic E-state index is 0.493. The Labute approximate surface area is 155 Å². The lowest BCUT2D eigenvalue weighted by molar-refractivity contribution is 0.306. The third-order valence-corrected chi connectivity index (χ3v) is 3.79. The number of hydrazone groups is 1. The molecule has 2 rings (SSSR count). The van der Waals surface area contributed by atoms with Crippen molar-refractivity contribution in [1.82, 2.24) is 10.7 Å². The van der Waals surface area contributed by atoms with Crippen LogP contribution in [0.4, 0.5) is 0 Å². The van der Waals surface area contributed by atoms with Gasteiger partial charge in [0.15, 0.2) is 5.11 Å². The lowest BCUT2D eigenvalue weighted by Gasteiger charge is -2.07. The Morgan fingerprint density at radius 3 is 2.76 bits per heavy atom. The third-order valence-electron chi connectivity index (χ3n) is 3.55. The molecule has 0 amide bonds. The van der Waals surface area contributed by atoms with Gasteiger partial charge in [-0.2, -0.15) is 5.10 Å². The molecule has 0 spiro atoms. The van der Waals surface area contributed by atoms with Crippen LogP contribution in [0.2, 0.25) is 0 Å². The van der Waals surface area contributed by atoms with Crippen LogP contribution in [0.5, 0.6) is 5.75 Å². The number of unbranched alkanes of at least 4 members (excludes halogenated alkanes) is 2. The van der Waals surface area contributed by atoms with Gasteiger partial charge in [0, 0.05) is 6.54 Å². The first-order valence-electron chi connectivity index (χ1n) is 8.61. The highest BCUT2D eigenvalue weighted by Gasteiger charge is 1.97. The predicted molar refractivity (Wildman–Crippen MR) is 108 cm³/mol. The van der Waals surface area contributed by atoms with Crippen LogP contribution in [0.1, 0.15) is 37.3 Å². The minimum Gasteiger partial charge on any atom is -0.494 e. The van der Waals surface area contributed by atoms with Crippen LogP contribution in [-0.4, -0.2) is 17.9 Å². The highest BCUT2D eigenvalue weighted by Crippen LogP contribution is 2.12. The molecule has 0 aliphatic heterocycles. The van der Waals surface area contributed by atoms with Crippen molar-refractivity contribution in [2.24, 2.45) is 5.10 Å². The zero-order chi connectivity index (χ0) is 17.7. The summed E-state index contributed by atoms with van der Waals surface area (Å²) in [7, 11) is 0. The van der Waals surface area contributed by atoms with Gasteiger partial charge in [0.1, 0.15) is 5.75 Å². The van der Waals surface area contributed by atoms with Crippen molar-refractivity contribution in [3.05, 3.63) is 65.7 Å². The Morgan fingerprint density at radius 1 is 1.12 bits per heavy atom. The maximum atomic E-state index is 5.74. The van der Waals surface area contributed by atoms with Crippen molar-refractivity contribution in [3.63, 3.8) is 0 Å². The van der Waals surface area contributed by atoms with E-state index < -0.39 is 0 Å². The SMILES string of the molecule is CCCCCOc1cccc(/C=N/NC(=S)NCc2ccccc2)c1. The topological polar surface area (TPSA) is 45.6 Å². The van der Waals surface area contributed by atoms with E-state index in [0.29, 0.717) is 11.7 Å². The zero-order valence-corrected chi connectivity index (χ0v) is 15.4. The average molecular weight is 356 g/mol. The van der Waals surface area contributed by atoms with Crippen LogP contribution in [0.15, 0.2) is 59.7 Å². The second-order valence-electron chi connectivity index (χ2n) is 5.67. The van der Waals surface area contributed by atoms with Crippen LogP contribution >= 0.6 is 12.2 Å². The Hall–Kier alpha value is -2.40. The van der Waals surface area contributed by atoms with Gasteiger partial charge in [-0.05, 0) is 41.9 Å². The van der Waals surface area contributed by atoms with Gasteiger partial charge in [-0.1, -0.05) is 62.2 Å². The van der Waals surface area contributed by atoms with Gasteiger partial charge in [0.25, 0.3) is 0 Å². The molecule has 0 heterocycles. The fraction of sp³-hybridized carbons (Fsp3) is 0.300. The Morgan fingerprint density at radius 2 is 1.96 bits per heavy atom. The van der Waals surface area contributed by atoms with E-state index in [1.54, 1.807) is 6.21 Å². The number of ether oxygens (including phenoxy) is 1. The first-order chi connectivity index (χ1) is 12.3. The second-order valence-corrected chi connectivity index (χ2v) is 6.07. The quantitative estimate of drug-likeness (QED) is 0.305. The smallest absolute Gasteiger partial charge is 0.187 e. The van der Waals surface area contributed by atoms with E-state index >= 15 is 0 Å². The summed E-state index contributed by atoms with van der Waals surface area (Å²) in [5.74, 6) is 0.866. The third kappa shape index (κ3) is 7.81. The van der Waals surface area contributed by atoms with E-state index in [-0.39, 0.29) is 0 Å². The molecular weight excluding hydrogens is 330 g/mol. The Kier molecular flexibility index (Phi) is 8.49. The summed E-state index contributed by atoms with van der Waals surface area (Å²) in [6, 6.07) is 18.0. The van der Waals surface area contributed by atoms with Crippen LogP contribution in [0.3, 0.4) is 0 Å². The summed E-state index contributed by atoms with van der Waals surface area (Å²) in [6.45, 7) is 3.60. The lowest BCUT2D eigenvalue weighted by Crippen LogP contribution is -2.31. The summed E-state index contributed by atoms with van der Waals surface area (Å²) in [5, 5.41) is 7.78. The van der Waals surface area contributed by atoms with Crippen LogP contribution in [0.25, 0.3) is 0 Å². The predicted octanol–water partition coefficient (Wildman–Crippen LogP) is 4.25. The van der Waals surface area contributed by atoms with Crippen LogP contribution < -0.4 is 15.5 Å². The molecule has 0 aliphatic carbocycles. The number of nitrogens with one attached hydrogen (secondary N) is 2. The van der Waals surface area contributed by atoms with E-state index in [2.05, 4.69) is 22.8 Å². The number of hydrogen-bond donors (Lipinski definition) is 2. The molecule has 25 heavy (non-hydrogen) atoms. The fourth-order valence-electron chi connectivity index (χ4n) is 2.21. The van der Waals surface area contributed by atoms with Crippen molar-refractivity contribution in [2.75, 3.05) is 6.61 Å². The minimum atomic E-state index is 0.493. The van der Waals surface area contributed by atoms with Crippen molar-refractivity contribution < 1.29 is 4.74 Å². The molecule has 0 aliphatic rings. The molecule has 0 radical (unpaired) electrons. The monoisotopic (exact) mass is 355 g/mol. The first kappa shape index (κ1) is 18.9. The van der Waals surface area contributed by atoms with Gasteiger partial charge >= 0.3 is 0 Å². The Balaban J connectivity index is 1.74. The number of benzene rings is 2. The van der Waals surface area contributed by atoms with Crippen LogP contribution in [0, 0.1) is 0 Å². The number of hydrogen-bond acceptors (Lipinski definition) is 3. The molecule has 0 unspecified atom stereocenters. The molecule has 2 N–H and O–H groups in total. The van der Waals surface area contributed by atoms with Crippen molar-refractivity contribution in [2.45, 2.75) is 32.7 Å². The van der Waals surface area contributed by atoms with Gasteiger partial charge in [0.05, 0.1) is 12.8 Å². The maximum Gasteiger partial charge on any atom is 0.187 e. The van der Waals surface area contributed by atoms with Crippen molar-refractivity contribution in [3.8, 4) is 5.75 Å². The second kappa shape index (κ2) is 11.2. The molecule has 132 valence electrons. The number of rotatable bonds is 9. The van der Waals surface area contributed by atoms with Crippen molar-refractivity contribution in [1.29, 1.82) is 0 Å². The van der Waals surface area contributed by atoms with E-state index in [4.69, 9.17) is 17.0 Å². The molecule has 2 aromatic carbocycles. The van der Waals surface area contributed by atoms with Gasteiger partial charge in [0.2, 0.25) is 0 Å². The van der Waals surface area contributed by atoms with Gasteiger partial charge in [-0.3, -0.25) is 5.43 Å². The normalized spacial score (nSPS) is 10.6. The van der Waals surface area contributed by atoms with Gasteiger partial charge in [-0.15, -0.1) is 0 Å². The summed E-state index contributed by atoms with van der Waals surface area (Å²) in [5.41, 5.74) is 4.96. The molecular formula is C20H25N3OS. The highest BCUT2D eigenvalue weighted by atomic mass is 32.1. The first-order valence-corrected chi connectivity index (χ1v) is 9.02. The molecule has 0 aromatic heterocycles. The van der Waals surface area contributed by atoms with E-state index in [1.807, 2.05) is 54.6 Å². The van der Waals surface area contributed by atoms with E-state index in [9.17, 15) is 0 Å². The molecule has 0 saturated heterocycles. The molecule has 0 saturated carbocycles. The molecule has 4 nitrogen and oxygen atoms in total. The van der Waals surface area contributed by atoms with Crippen molar-refractivity contribution >= 4 is 23.5 Å². The molecule has 0 bridgehead atoms. The van der Waals surface area contributed by atoms with Gasteiger partial charge in [-0.25, -0.2) is 0 Å². The maximum absolute atomic E-state index is 5.74. The summed E-state index contributed by atoms with van der Waals surface area (Å²) in [4.78, 5) is 0. The fourth-order valence-corrected chi connectivity index (χ4v) is 2.33. The van der Waals surface area contributed by atoms with Gasteiger partial charge < -0.3 is 10.1 Å². The number of thiocarbonyl (C=S) groups is 1. The molecule has 0 atom stereocenters. The van der Waals surface area contributed by atoms with E-state index in [0.717, 1.165) is 24.3 Å². The average Bonchev–Trinajstić information content (AvgIpc) is 2.65. The summed E-state index contributed by atoms with van der Waals surface area (Å²) < 4.78 is 5.74. The Bertz CT molecular complexity index is 674. The molecule has 0 fully saturated rings. The number of nitrogens with zero attached hydrogens (tertiary/aromatic N) is 1. The summed E-state index contributed by atoms with van der Waals surface area (Å²) >= 11 is 5.22. The zero-order valence-electron chi connectivity index (χ0n) is 14.6. The largest absolute Gasteiger partial charge is 0.494 e. The highest BCUT2D eigenvalue weighted by molar-refractivity contribution is 7.80. The standard InChI is InChI=1S/C20H25N3OS/c1-2-3-7-13-24-19-12-8-11-18(14-19)16-22-23-20(25)21-15-17-9-5-4-6-10-17/h4-6,8-12,14,16H,2-3,7,13,15H2,1H3,(H2,21,23,25)/b22-16+. The van der Waals surface area contributed by atoms with Crippen LogP contribution in [-0.2, 0) is 6.54 Å². The summed E-state index contributed by atoms with van der Waals surface area (Å²) in [6.07, 6.45) is 5.20. The molecule has 2 aromatic rings.